The van der Waals surface area contributed by atoms with Crippen molar-refractivity contribution in [2.24, 2.45) is 0 Å². The summed E-state index contributed by atoms with van der Waals surface area (Å²) in [5, 5.41) is 3.21. The third-order valence-electron chi connectivity index (χ3n) is 3.01. The quantitative estimate of drug-likeness (QED) is 0.726. The second kappa shape index (κ2) is 8.22. The average Bonchev–Trinajstić information content (AvgIpc) is 2.75. The van der Waals surface area contributed by atoms with Crippen molar-refractivity contribution < 1.29 is 12.8 Å². The van der Waals surface area contributed by atoms with Gasteiger partial charge in [-0.1, -0.05) is 13.8 Å². The van der Waals surface area contributed by atoms with E-state index >= 15 is 0 Å². The molecule has 0 aliphatic heterocycles. The van der Waals surface area contributed by atoms with Crippen LogP contribution in [0.2, 0.25) is 0 Å². The highest BCUT2D eigenvalue weighted by Crippen LogP contribution is 2.20. The summed E-state index contributed by atoms with van der Waals surface area (Å²) in [5.74, 6) is 2.00. The molecule has 1 aromatic heterocycles. The van der Waals surface area contributed by atoms with Gasteiger partial charge in [-0.3, -0.25) is 0 Å². The molecular formula is C14H26N2O3S2. The molecule has 0 spiro atoms. The summed E-state index contributed by atoms with van der Waals surface area (Å²) < 4.78 is 33.0. The largest absolute Gasteiger partial charge is 0.464 e. The van der Waals surface area contributed by atoms with Crippen molar-refractivity contribution in [2.75, 3.05) is 12.0 Å². The van der Waals surface area contributed by atoms with Crippen LogP contribution in [0.4, 0.5) is 0 Å². The van der Waals surface area contributed by atoms with Crippen molar-refractivity contribution in [1.82, 2.24) is 10.0 Å². The van der Waals surface area contributed by atoms with Crippen LogP contribution in [0.3, 0.4) is 0 Å². The van der Waals surface area contributed by atoms with Gasteiger partial charge in [-0.05, 0) is 32.3 Å². The first kappa shape index (κ1) is 18.5. The SMILES string of the molecule is CSCCC(C)NS(=O)(=O)c1cc(CNC(C)C)oc1C. The predicted octanol–water partition coefficient (Wildman–Crippen LogP) is 2.51. The van der Waals surface area contributed by atoms with E-state index in [1.54, 1.807) is 24.8 Å². The van der Waals surface area contributed by atoms with Crippen molar-refractivity contribution in [2.45, 2.75) is 57.6 Å². The highest BCUT2D eigenvalue weighted by molar-refractivity contribution is 7.98. The van der Waals surface area contributed by atoms with Gasteiger partial charge in [0.15, 0.2) is 0 Å². The molecule has 5 nitrogen and oxygen atoms in total. The number of rotatable bonds is 9. The average molecular weight is 335 g/mol. The highest BCUT2D eigenvalue weighted by Gasteiger charge is 2.23. The van der Waals surface area contributed by atoms with Gasteiger partial charge >= 0.3 is 0 Å². The van der Waals surface area contributed by atoms with Gasteiger partial charge in [0.1, 0.15) is 16.4 Å². The summed E-state index contributed by atoms with van der Waals surface area (Å²) >= 11 is 1.71. The third kappa shape index (κ3) is 6.02. The van der Waals surface area contributed by atoms with Crippen LogP contribution in [0.5, 0.6) is 0 Å². The Bertz CT molecular complexity index is 538. The summed E-state index contributed by atoms with van der Waals surface area (Å²) in [4.78, 5) is 0.235. The van der Waals surface area contributed by atoms with Gasteiger partial charge in [0, 0.05) is 18.2 Å². The Morgan fingerprint density at radius 3 is 2.57 bits per heavy atom. The lowest BCUT2D eigenvalue weighted by molar-refractivity contribution is 0.443. The van der Waals surface area contributed by atoms with Crippen LogP contribution in [-0.2, 0) is 16.6 Å². The Labute approximate surface area is 132 Å². The maximum absolute atomic E-state index is 12.4. The molecule has 7 heteroatoms. The summed E-state index contributed by atoms with van der Waals surface area (Å²) in [6.45, 7) is 8.14. The smallest absolute Gasteiger partial charge is 0.244 e. The lowest BCUT2D eigenvalue weighted by Crippen LogP contribution is -2.33. The summed E-state index contributed by atoms with van der Waals surface area (Å²) in [7, 11) is -3.52. The van der Waals surface area contributed by atoms with Gasteiger partial charge in [-0.25, -0.2) is 13.1 Å². The molecule has 0 saturated heterocycles. The summed E-state index contributed by atoms with van der Waals surface area (Å²) in [6.07, 6.45) is 2.81. The monoisotopic (exact) mass is 334 g/mol. The molecule has 2 N–H and O–H groups in total. The molecule has 21 heavy (non-hydrogen) atoms. The van der Waals surface area contributed by atoms with Gasteiger partial charge in [0.05, 0.1) is 6.54 Å². The van der Waals surface area contributed by atoms with Crippen LogP contribution in [0.1, 0.15) is 38.7 Å². The molecule has 122 valence electrons. The molecule has 0 saturated carbocycles. The van der Waals surface area contributed by atoms with E-state index in [0.29, 0.717) is 24.1 Å². The molecule has 0 aliphatic rings. The lowest BCUT2D eigenvalue weighted by Gasteiger charge is -2.12. The molecule has 1 aromatic rings. The molecular weight excluding hydrogens is 308 g/mol. The van der Waals surface area contributed by atoms with Gasteiger partial charge in [0.2, 0.25) is 10.0 Å². The van der Waals surface area contributed by atoms with Crippen molar-refractivity contribution in [3.05, 3.63) is 17.6 Å². The first-order valence-electron chi connectivity index (χ1n) is 7.10. The highest BCUT2D eigenvalue weighted by atomic mass is 32.2. The van der Waals surface area contributed by atoms with Crippen molar-refractivity contribution >= 4 is 21.8 Å². The van der Waals surface area contributed by atoms with Gasteiger partial charge < -0.3 is 9.73 Å². The topological polar surface area (TPSA) is 71.3 Å². The molecule has 0 fully saturated rings. The minimum Gasteiger partial charge on any atom is -0.464 e. The number of sulfonamides is 1. The van der Waals surface area contributed by atoms with Gasteiger partial charge in [-0.15, -0.1) is 0 Å². The number of aryl methyl sites for hydroxylation is 1. The first-order valence-corrected chi connectivity index (χ1v) is 9.98. The molecule has 0 bridgehead atoms. The second-order valence-electron chi connectivity index (χ2n) is 5.47. The summed E-state index contributed by atoms with van der Waals surface area (Å²) in [5.41, 5.74) is 0. The minimum absolute atomic E-state index is 0.0889. The standard InChI is InChI=1S/C14H26N2O3S2/c1-10(2)15-9-13-8-14(12(4)19-13)21(17,18)16-11(3)6-7-20-5/h8,10-11,15-16H,6-7,9H2,1-5H3. The molecule has 0 amide bonds. The molecule has 0 radical (unpaired) electrons. The Morgan fingerprint density at radius 2 is 2.00 bits per heavy atom. The predicted molar refractivity (Wildman–Crippen MR) is 88.2 cm³/mol. The first-order chi connectivity index (χ1) is 9.76. The lowest BCUT2D eigenvalue weighted by atomic mass is 10.3. The fourth-order valence-corrected chi connectivity index (χ4v) is 3.94. The van der Waals surface area contributed by atoms with E-state index in [2.05, 4.69) is 10.0 Å². The third-order valence-corrected chi connectivity index (χ3v) is 5.35. The van der Waals surface area contributed by atoms with E-state index in [1.165, 1.54) is 0 Å². The molecule has 1 atom stereocenters. The Kier molecular flexibility index (Phi) is 7.26. The van der Waals surface area contributed by atoms with E-state index in [1.807, 2.05) is 27.0 Å². The van der Waals surface area contributed by atoms with Crippen LogP contribution in [0, 0.1) is 6.92 Å². The van der Waals surface area contributed by atoms with Crippen molar-refractivity contribution in [1.29, 1.82) is 0 Å². The Balaban J connectivity index is 2.78. The fourth-order valence-electron chi connectivity index (χ4n) is 1.86. The van der Waals surface area contributed by atoms with Gasteiger partial charge in [0.25, 0.3) is 0 Å². The zero-order chi connectivity index (χ0) is 16.0. The number of hydrogen-bond donors (Lipinski definition) is 2. The molecule has 0 aromatic carbocycles. The molecule has 0 aliphatic carbocycles. The molecule has 1 heterocycles. The van der Waals surface area contributed by atoms with E-state index in [4.69, 9.17) is 4.42 Å². The van der Waals surface area contributed by atoms with E-state index in [9.17, 15) is 8.42 Å². The number of nitrogens with one attached hydrogen (secondary N) is 2. The Hall–Kier alpha value is -0.500. The van der Waals surface area contributed by atoms with Crippen LogP contribution in [0.25, 0.3) is 0 Å². The maximum atomic E-state index is 12.4. The minimum atomic E-state index is -3.52. The van der Waals surface area contributed by atoms with Crippen LogP contribution in [-0.4, -0.2) is 32.5 Å². The second-order valence-corrected chi connectivity index (χ2v) is 8.14. The van der Waals surface area contributed by atoms with Crippen LogP contribution in [0.15, 0.2) is 15.4 Å². The number of thioether (sulfide) groups is 1. The van der Waals surface area contributed by atoms with Crippen LogP contribution < -0.4 is 10.0 Å². The number of furan rings is 1. The zero-order valence-electron chi connectivity index (χ0n) is 13.4. The normalized spacial score (nSPS) is 13.8. The van der Waals surface area contributed by atoms with Gasteiger partial charge in [-0.2, -0.15) is 11.8 Å². The van der Waals surface area contributed by atoms with E-state index < -0.39 is 10.0 Å². The van der Waals surface area contributed by atoms with Crippen LogP contribution >= 0.6 is 11.8 Å². The number of hydrogen-bond acceptors (Lipinski definition) is 5. The maximum Gasteiger partial charge on any atom is 0.244 e. The van der Waals surface area contributed by atoms with E-state index in [-0.39, 0.29) is 10.9 Å². The fraction of sp³-hybridized carbons (Fsp3) is 0.714. The molecule has 1 rings (SSSR count). The summed E-state index contributed by atoms with van der Waals surface area (Å²) in [6, 6.07) is 1.84. The van der Waals surface area contributed by atoms with Crippen molar-refractivity contribution in [3.8, 4) is 0 Å². The zero-order valence-corrected chi connectivity index (χ0v) is 15.0. The molecule has 1 unspecified atom stereocenters. The Morgan fingerprint density at radius 1 is 1.33 bits per heavy atom. The van der Waals surface area contributed by atoms with Crippen molar-refractivity contribution in [3.63, 3.8) is 0 Å². The van der Waals surface area contributed by atoms with E-state index in [0.717, 1.165) is 12.2 Å².